The van der Waals surface area contributed by atoms with Gasteiger partial charge in [0.25, 0.3) is 0 Å². The molecule has 0 atom stereocenters. The lowest BCUT2D eigenvalue weighted by molar-refractivity contribution is 0.742. The molecule has 1 aromatic carbocycles. The second-order valence-electron chi connectivity index (χ2n) is 4.25. The molecule has 0 aliphatic heterocycles. The van der Waals surface area contributed by atoms with E-state index in [4.69, 9.17) is 11.6 Å². The van der Waals surface area contributed by atoms with Crippen molar-refractivity contribution < 1.29 is 0 Å². The largest absolute Gasteiger partial charge is 0.371 e. The van der Waals surface area contributed by atoms with E-state index in [2.05, 4.69) is 43.9 Å². The molecule has 1 aromatic rings. The van der Waals surface area contributed by atoms with E-state index in [1.807, 2.05) is 0 Å². The van der Waals surface area contributed by atoms with Gasteiger partial charge in [0, 0.05) is 24.7 Å². The summed E-state index contributed by atoms with van der Waals surface area (Å²) in [5.74, 6) is 0.598. The lowest BCUT2D eigenvalue weighted by atomic mass is 10.1. The first kappa shape index (κ1) is 13.4. The van der Waals surface area contributed by atoms with Crippen LogP contribution in [0.25, 0.3) is 0 Å². The van der Waals surface area contributed by atoms with E-state index in [0.717, 1.165) is 13.1 Å². The van der Waals surface area contributed by atoms with Crippen molar-refractivity contribution in [3.8, 4) is 0 Å². The van der Waals surface area contributed by atoms with Crippen LogP contribution in [0.1, 0.15) is 37.8 Å². The first-order valence-corrected chi connectivity index (χ1v) is 6.66. The molecule has 2 heteroatoms. The number of nitrogens with zero attached hydrogens (tertiary/aromatic N) is 1. The highest BCUT2D eigenvalue weighted by Gasteiger charge is 2.09. The van der Waals surface area contributed by atoms with E-state index in [1.165, 1.54) is 29.7 Å². The van der Waals surface area contributed by atoms with Gasteiger partial charge in [-0.25, -0.2) is 0 Å². The zero-order chi connectivity index (χ0) is 12.0. The molecule has 0 N–H and O–H groups in total. The molecule has 0 radical (unpaired) electrons. The maximum Gasteiger partial charge on any atom is 0.0494 e. The molecular formula is C14H22ClN. The minimum absolute atomic E-state index is 0.598. The van der Waals surface area contributed by atoms with Crippen molar-refractivity contribution in [1.82, 2.24) is 0 Å². The Bertz CT molecular complexity index is 317. The minimum atomic E-state index is 0.598. The van der Waals surface area contributed by atoms with Crippen molar-refractivity contribution in [2.45, 2.75) is 39.5 Å². The maximum atomic E-state index is 6.02. The molecule has 1 rings (SSSR count). The number of hydrogen-bond donors (Lipinski definition) is 0. The summed E-state index contributed by atoms with van der Waals surface area (Å²) in [6, 6.07) is 6.57. The van der Waals surface area contributed by atoms with Gasteiger partial charge in [-0.2, -0.15) is 0 Å². The summed E-state index contributed by atoms with van der Waals surface area (Å²) in [4.78, 5) is 2.44. The lowest BCUT2D eigenvalue weighted by Gasteiger charge is -2.26. The fourth-order valence-electron chi connectivity index (χ4n) is 2.02. The van der Waals surface area contributed by atoms with Gasteiger partial charge >= 0.3 is 0 Å². The predicted molar refractivity (Wildman–Crippen MR) is 73.5 cm³/mol. The van der Waals surface area contributed by atoms with Gasteiger partial charge in [0.15, 0.2) is 0 Å². The fraction of sp³-hybridized carbons (Fsp3) is 0.571. The average Bonchev–Trinajstić information content (AvgIpc) is 2.28. The molecule has 0 unspecified atom stereocenters. The molecule has 90 valence electrons. The first-order chi connectivity index (χ1) is 7.72. The van der Waals surface area contributed by atoms with Crippen molar-refractivity contribution in [2.24, 2.45) is 0 Å². The van der Waals surface area contributed by atoms with Gasteiger partial charge in [-0.15, -0.1) is 11.6 Å². The third-order valence-electron chi connectivity index (χ3n) is 2.71. The van der Waals surface area contributed by atoms with E-state index in [0.29, 0.717) is 5.88 Å². The van der Waals surface area contributed by atoms with Crippen LogP contribution in [-0.4, -0.2) is 13.1 Å². The molecule has 0 saturated heterocycles. The van der Waals surface area contributed by atoms with E-state index < -0.39 is 0 Å². The standard InChI is InChI=1S/C14H22ClN/c1-4-8-16(9-5-2)14-7-6-12(3)10-13(14)11-15/h6-7,10H,4-5,8-9,11H2,1-3H3. The van der Waals surface area contributed by atoms with Gasteiger partial charge in [0.1, 0.15) is 0 Å². The highest BCUT2D eigenvalue weighted by molar-refractivity contribution is 6.17. The molecule has 1 nitrogen and oxygen atoms in total. The van der Waals surface area contributed by atoms with Crippen molar-refractivity contribution in [3.05, 3.63) is 29.3 Å². The summed E-state index contributed by atoms with van der Waals surface area (Å²) in [6.07, 6.45) is 2.35. The van der Waals surface area contributed by atoms with Crippen molar-refractivity contribution >= 4 is 17.3 Å². The summed E-state index contributed by atoms with van der Waals surface area (Å²) < 4.78 is 0. The van der Waals surface area contributed by atoms with Crippen molar-refractivity contribution in [1.29, 1.82) is 0 Å². The Morgan fingerprint density at radius 1 is 1.12 bits per heavy atom. The van der Waals surface area contributed by atoms with Gasteiger partial charge in [0.05, 0.1) is 0 Å². The van der Waals surface area contributed by atoms with Crippen molar-refractivity contribution in [3.63, 3.8) is 0 Å². The Kier molecular flexibility index (Phi) is 5.68. The number of hydrogen-bond acceptors (Lipinski definition) is 1. The van der Waals surface area contributed by atoms with Crippen LogP contribution in [0.2, 0.25) is 0 Å². The van der Waals surface area contributed by atoms with Crippen LogP contribution in [0, 0.1) is 6.92 Å². The van der Waals surface area contributed by atoms with Gasteiger partial charge in [-0.05, 0) is 31.4 Å². The van der Waals surface area contributed by atoms with Gasteiger partial charge in [-0.3, -0.25) is 0 Å². The Balaban J connectivity index is 2.97. The molecular weight excluding hydrogens is 218 g/mol. The zero-order valence-corrected chi connectivity index (χ0v) is 11.3. The third-order valence-corrected chi connectivity index (χ3v) is 2.99. The van der Waals surface area contributed by atoms with Gasteiger partial charge < -0.3 is 4.90 Å². The number of aryl methyl sites for hydroxylation is 1. The van der Waals surface area contributed by atoms with Crippen LogP contribution in [0.3, 0.4) is 0 Å². The van der Waals surface area contributed by atoms with Crippen LogP contribution in [0.5, 0.6) is 0 Å². The molecule has 0 spiro atoms. The van der Waals surface area contributed by atoms with Crippen LogP contribution in [-0.2, 0) is 5.88 Å². The Morgan fingerprint density at radius 2 is 1.75 bits per heavy atom. The number of rotatable bonds is 6. The van der Waals surface area contributed by atoms with Gasteiger partial charge in [0.2, 0.25) is 0 Å². The number of anilines is 1. The summed E-state index contributed by atoms with van der Waals surface area (Å²) in [5.41, 5.74) is 3.85. The SMILES string of the molecule is CCCN(CCC)c1ccc(C)cc1CCl. The molecule has 0 saturated carbocycles. The smallest absolute Gasteiger partial charge is 0.0494 e. The van der Waals surface area contributed by atoms with E-state index >= 15 is 0 Å². The lowest BCUT2D eigenvalue weighted by Crippen LogP contribution is -2.25. The minimum Gasteiger partial charge on any atom is -0.371 e. The van der Waals surface area contributed by atoms with E-state index in [-0.39, 0.29) is 0 Å². The van der Waals surface area contributed by atoms with E-state index in [1.54, 1.807) is 0 Å². The Labute approximate surface area is 104 Å². The topological polar surface area (TPSA) is 3.24 Å². The summed E-state index contributed by atoms with van der Waals surface area (Å²) in [5, 5.41) is 0. The number of alkyl halides is 1. The van der Waals surface area contributed by atoms with Crippen LogP contribution >= 0.6 is 11.6 Å². The molecule has 0 aromatic heterocycles. The molecule has 0 heterocycles. The number of benzene rings is 1. The normalized spacial score (nSPS) is 10.5. The highest BCUT2D eigenvalue weighted by Crippen LogP contribution is 2.24. The van der Waals surface area contributed by atoms with Crippen molar-refractivity contribution in [2.75, 3.05) is 18.0 Å². The molecule has 16 heavy (non-hydrogen) atoms. The average molecular weight is 240 g/mol. The van der Waals surface area contributed by atoms with Crippen LogP contribution < -0.4 is 4.90 Å². The fourth-order valence-corrected chi connectivity index (χ4v) is 2.24. The monoisotopic (exact) mass is 239 g/mol. The zero-order valence-electron chi connectivity index (χ0n) is 10.6. The molecule has 0 fully saturated rings. The second kappa shape index (κ2) is 6.80. The first-order valence-electron chi connectivity index (χ1n) is 6.13. The van der Waals surface area contributed by atoms with Crippen LogP contribution in [0.15, 0.2) is 18.2 Å². The Hall–Kier alpha value is -0.690. The summed E-state index contributed by atoms with van der Waals surface area (Å²) in [7, 11) is 0. The highest BCUT2D eigenvalue weighted by atomic mass is 35.5. The third kappa shape index (κ3) is 3.41. The summed E-state index contributed by atoms with van der Waals surface area (Å²) in [6.45, 7) is 8.78. The number of halogens is 1. The van der Waals surface area contributed by atoms with Crippen LogP contribution in [0.4, 0.5) is 5.69 Å². The quantitative estimate of drug-likeness (QED) is 0.667. The van der Waals surface area contributed by atoms with Gasteiger partial charge in [-0.1, -0.05) is 31.5 Å². The molecule has 0 aliphatic carbocycles. The van der Waals surface area contributed by atoms with E-state index in [9.17, 15) is 0 Å². The summed E-state index contributed by atoms with van der Waals surface area (Å²) >= 11 is 6.02. The second-order valence-corrected chi connectivity index (χ2v) is 4.52. The maximum absolute atomic E-state index is 6.02. The molecule has 0 bridgehead atoms. The molecule has 0 aliphatic rings. The molecule has 0 amide bonds. The Morgan fingerprint density at radius 3 is 2.25 bits per heavy atom. The predicted octanol–water partition coefficient (Wildman–Crippen LogP) is 4.36.